The number of halogens is 1. The number of carbonyl (C=O) groups excluding carboxylic acids is 1. The Morgan fingerprint density at radius 1 is 1.28 bits per heavy atom. The van der Waals surface area contributed by atoms with E-state index in [0.29, 0.717) is 13.1 Å². The molecule has 4 aromatic rings. The van der Waals surface area contributed by atoms with Gasteiger partial charge in [-0.3, -0.25) is 4.79 Å². The molecule has 5 heterocycles. The van der Waals surface area contributed by atoms with E-state index in [9.17, 15) is 4.79 Å². The van der Waals surface area contributed by atoms with E-state index in [1.807, 2.05) is 60.3 Å². The van der Waals surface area contributed by atoms with Crippen molar-refractivity contribution in [3.8, 4) is 0 Å². The van der Waals surface area contributed by atoms with Crippen molar-refractivity contribution in [1.82, 2.24) is 24.7 Å². The average Bonchev–Trinajstić information content (AvgIpc) is 3.26. The van der Waals surface area contributed by atoms with E-state index < -0.39 is 5.54 Å². The number of fused-ring (bicyclic) bond motifs is 2. The zero-order valence-electron chi connectivity index (χ0n) is 16.0. The largest absolute Gasteiger partial charge is 0.354 e. The molecule has 1 amide bonds. The van der Waals surface area contributed by atoms with Gasteiger partial charge in [-0.1, -0.05) is 6.07 Å². The van der Waals surface area contributed by atoms with Crippen molar-refractivity contribution in [2.24, 2.45) is 5.92 Å². The predicted molar refractivity (Wildman–Crippen MR) is 114 cm³/mol. The summed E-state index contributed by atoms with van der Waals surface area (Å²) in [6, 6.07) is 7.85. The second-order valence-corrected chi connectivity index (χ2v) is 8.98. The average molecular weight is 427 g/mol. The molecule has 0 aromatic carbocycles. The van der Waals surface area contributed by atoms with Gasteiger partial charge >= 0.3 is 0 Å². The molecule has 1 N–H and O–H groups in total. The predicted octanol–water partition coefficient (Wildman–Crippen LogP) is 3.48. The highest BCUT2D eigenvalue weighted by Crippen LogP contribution is 2.33. The first kappa shape index (κ1) is 18.3. The molecule has 0 bridgehead atoms. The van der Waals surface area contributed by atoms with Gasteiger partial charge in [0.25, 0.3) is 0 Å². The lowest BCUT2D eigenvalue weighted by atomic mass is 9.95. The number of carbonyl (C=O) groups is 1. The third kappa shape index (κ3) is 3.12. The molecule has 1 aliphatic heterocycles. The second-order valence-electron chi connectivity index (χ2n) is 7.74. The SMILES string of the molecule is CC(C)(NC(=O)C1CN(c2nc(Cl)nc3sccc23)C1)c1cnc2ccccn12. The summed E-state index contributed by atoms with van der Waals surface area (Å²) in [5.41, 5.74) is 1.26. The van der Waals surface area contributed by atoms with Gasteiger partial charge in [-0.15, -0.1) is 11.3 Å². The normalized spacial score (nSPS) is 15.1. The zero-order valence-corrected chi connectivity index (χ0v) is 17.5. The van der Waals surface area contributed by atoms with E-state index in [1.165, 1.54) is 11.3 Å². The van der Waals surface area contributed by atoms with Gasteiger partial charge < -0.3 is 14.6 Å². The van der Waals surface area contributed by atoms with Crippen molar-refractivity contribution in [2.45, 2.75) is 19.4 Å². The molecular formula is C20H19ClN6OS. The Labute approximate surface area is 176 Å². The minimum atomic E-state index is -0.545. The highest BCUT2D eigenvalue weighted by atomic mass is 35.5. The van der Waals surface area contributed by atoms with E-state index in [2.05, 4.69) is 25.2 Å². The van der Waals surface area contributed by atoms with Crippen LogP contribution < -0.4 is 10.2 Å². The van der Waals surface area contributed by atoms with E-state index >= 15 is 0 Å². The minimum Gasteiger partial charge on any atom is -0.354 e. The number of anilines is 1. The summed E-state index contributed by atoms with van der Waals surface area (Å²) in [6.45, 7) is 5.20. The van der Waals surface area contributed by atoms with Crippen LogP contribution in [0.3, 0.4) is 0 Å². The molecule has 0 aliphatic carbocycles. The molecule has 5 rings (SSSR count). The van der Waals surface area contributed by atoms with Crippen LogP contribution in [-0.4, -0.2) is 38.3 Å². The van der Waals surface area contributed by atoms with Crippen LogP contribution in [0.5, 0.6) is 0 Å². The number of thiophene rings is 1. The number of imidazole rings is 1. The maximum absolute atomic E-state index is 12.9. The van der Waals surface area contributed by atoms with Gasteiger partial charge in [0.1, 0.15) is 16.3 Å². The lowest BCUT2D eigenvalue weighted by molar-refractivity contribution is -0.127. The molecule has 1 fully saturated rings. The van der Waals surface area contributed by atoms with Crippen LogP contribution in [0.25, 0.3) is 15.9 Å². The van der Waals surface area contributed by atoms with Crippen molar-refractivity contribution in [3.05, 3.63) is 53.0 Å². The molecule has 1 aliphatic rings. The fourth-order valence-corrected chi connectivity index (χ4v) is 4.72. The van der Waals surface area contributed by atoms with Gasteiger partial charge in [0.2, 0.25) is 11.2 Å². The number of pyridine rings is 1. The first-order valence-corrected chi connectivity index (χ1v) is 10.6. The third-order valence-corrected chi connectivity index (χ3v) is 6.30. The van der Waals surface area contributed by atoms with Gasteiger partial charge in [-0.05, 0) is 49.0 Å². The number of nitrogens with zero attached hydrogens (tertiary/aromatic N) is 5. The molecule has 1 saturated heterocycles. The summed E-state index contributed by atoms with van der Waals surface area (Å²) >= 11 is 7.60. The zero-order chi connectivity index (χ0) is 20.2. The smallest absolute Gasteiger partial charge is 0.227 e. The minimum absolute atomic E-state index is 0.0267. The van der Waals surface area contributed by atoms with Crippen molar-refractivity contribution in [2.75, 3.05) is 18.0 Å². The maximum atomic E-state index is 12.9. The van der Waals surface area contributed by atoms with Crippen LogP contribution in [-0.2, 0) is 10.3 Å². The summed E-state index contributed by atoms with van der Waals surface area (Å²) in [5.74, 6) is 0.723. The van der Waals surface area contributed by atoms with Gasteiger partial charge in [-0.2, -0.15) is 4.98 Å². The lowest BCUT2D eigenvalue weighted by Crippen LogP contribution is -2.57. The quantitative estimate of drug-likeness (QED) is 0.505. The number of hydrogen-bond acceptors (Lipinski definition) is 6. The standard InChI is InChI=1S/C20H19ClN6OS/c1-20(2,14-9-22-15-5-3-4-7-27(14)15)25-17(28)12-10-26(11-12)16-13-6-8-29-18(13)24-19(21)23-16/h3-9,12H,10-11H2,1-2H3,(H,25,28). The Bertz CT molecular complexity index is 1230. The van der Waals surface area contributed by atoms with E-state index in [-0.39, 0.29) is 17.1 Å². The Morgan fingerprint density at radius 2 is 2.10 bits per heavy atom. The second kappa shape index (κ2) is 6.67. The van der Waals surface area contributed by atoms with Gasteiger partial charge in [-0.25, -0.2) is 9.97 Å². The van der Waals surface area contributed by atoms with Crippen LogP contribution >= 0.6 is 22.9 Å². The number of amides is 1. The molecule has 148 valence electrons. The fourth-order valence-electron chi connectivity index (χ4n) is 3.74. The summed E-state index contributed by atoms with van der Waals surface area (Å²) in [5, 5.41) is 6.37. The van der Waals surface area contributed by atoms with Crippen molar-refractivity contribution in [3.63, 3.8) is 0 Å². The van der Waals surface area contributed by atoms with Gasteiger partial charge in [0.05, 0.1) is 28.7 Å². The lowest BCUT2D eigenvalue weighted by Gasteiger charge is -2.40. The van der Waals surface area contributed by atoms with Crippen molar-refractivity contribution in [1.29, 1.82) is 0 Å². The van der Waals surface area contributed by atoms with Gasteiger partial charge in [0, 0.05) is 19.3 Å². The Hall–Kier alpha value is -2.71. The summed E-state index contributed by atoms with van der Waals surface area (Å²) < 4.78 is 2.00. The topological polar surface area (TPSA) is 75.4 Å². The third-order valence-electron chi connectivity index (χ3n) is 5.32. The monoisotopic (exact) mass is 426 g/mol. The van der Waals surface area contributed by atoms with Crippen LogP contribution in [0.4, 0.5) is 5.82 Å². The number of hydrogen-bond donors (Lipinski definition) is 1. The van der Waals surface area contributed by atoms with Crippen molar-refractivity contribution >= 4 is 50.5 Å². The van der Waals surface area contributed by atoms with E-state index in [4.69, 9.17) is 11.6 Å². The number of aromatic nitrogens is 4. The highest BCUT2D eigenvalue weighted by molar-refractivity contribution is 7.16. The summed E-state index contributed by atoms with van der Waals surface area (Å²) in [4.78, 5) is 28.9. The summed E-state index contributed by atoms with van der Waals surface area (Å²) in [7, 11) is 0. The van der Waals surface area contributed by atoms with Crippen LogP contribution in [0.1, 0.15) is 19.5 Å². The molecule has 7 nitrogen and oxygen atoms in total. The Kier molecular flexibility index (Phi) is 4.22. The number of rotatable bonds is 4. The van der Waals surface area contributed by atoms with Crippen LogP contribution in [0.15, 0.2) is 42.0 Å². The maximum Gasteiger partial charge on any atom is 0.227 e. The first-order chi connectivity index (χ1) is 13.9. The number of nitrogens with one attached hydrogen (secondary N) is 1. The Balaban J connectivity index is 1.31. The van der Waals surface area contributed by atoms with E-state index in [1.54, 1.807) is 0 Å². The van der Waals surface area contributed by atoms with Crippen molar-refractivity contribution < 1.29 is 4.79 Å². The first-order valence-electron chi connectivity index (χ1n) is 9.33. The summed E-state index contributed by atoms with van der Waals surface area (Å²) in [6.07, 6.45) is 3.78. The molecule has 4 aromatic heterocycles. The fraction of sp³-hybridized carbons (Fsp3) is 0.300. The molecule has 9 heteroatoms. The molecule has 0 atom stereocenters. The molecule has 0 saturated carbocycles. The van der Waals surface area contributed by atoms with E-state index in [0.717, 1.165) is 27.4 Å². The highest BCUT2D eigenvalue weighted by Gasteiger charge is 2.37. The Morgan fingerprint density at radius 3 is 2.93 bits per heavy atom. The molecular weight excluding hydrogens is 408 g/mol. The molecule has 0 spiro atoms. The molecule has 0 radical (unpaired) electrons. The molecule has 0 unspecified atom stereocenters. The van der Waals surface area contributed by atoms with Crippen LogP contribution in [0, 0.1) is 5.92 Å². The van der Waals surface area contributed by atoms with Crippen LogP contribution in [0.2, 0.25) is 5.28 Å². The molecule has 29 heavy (non-hydrogen) atoms. The van der Waals surface area contributed by atoms with Gasteiger partial charge in [0.15, 0.2) is 0 Å².